The van der Waals surface area contributed by atoms with Crippen LogP contribution in [0.2, 0.25) is 0 Å². The predicted molar refractivity (Wildman–Crippen MR) is 110 cm³/mol. The van der Waals surface area contributed by atoms with E-state index < -0.39 is 26.0 Å². The molecule has 2 fully saturated rings. The molecule has 1 amide bonds. The molecule has 1 unspecified atom stereocenters. The first-order chi connectivity index (χ1) is 14.3. The molecule has 4 rings (SSSR count). The molecular weight excluding hydrogens is 430 g/mol. The van der Waals surface area contributed by atoms with Crippen LogP contribution in [0.15, 0.2) is 52.0 Å². The van der Waals surface area contributed by atoms with Crippen LogP contribution in [0.1, 0.15) is 31.1 Å². The number of rotatable bonds is 7. The second-order valence-electron chi connectivity index (χ2n) is 7.34. The van der Waals surface area contributed by atoms with Crippen molar-refractivity contribution in [1.29, 1.82) is 0 Å². The Morgan fingerprint density at radius 1 is 1.10 bits per heavy atom. The fourth-order valence-electron chi connectivity index (χ4n) is 3.85. The number of carbonyl (C=O) groups excluding carboxylic acids is 1. The van der Waals surface area contributed by atoms with E-state index in [1.165, 1.54) is 24.3 Å². The van der Waals surface area contributed by atoms with Gasteiger partial charge in [-0.3, -0.25) is 9.69 Å². The van der Waals surface area contributed by atoms with Crippen molar-refractivity contribution in [2.45, 2.75) is 30.2 Å². The molecule has 0 aliphatic carbocycles. The molecule has 1 aromatic heterocycles. The SMILES string of the molecule is O=C1CCS(=O)(=O)N1c1ccc(S(=O)(=O)NCC(c2ccco2)N2CCCC2)cc1. The zero-order valence-electron chi connectivity index (χ0n) is 16.2. The molecule has 3 heterocycles. The molecule has 30 heavy (non-hydrogen) atoms. The van der Waals surface area contributed by atoms with Crippen molar-refractivity contribution in [2.24, 2.45) is 0 Å². The van der Waals surface area contributed by atoms with Crippen LogP contribution >= 0.6 is 0 Å². The second kappa shape index (κ2) is 8.14. The van der Waals surface area contributed by atoms with Crippen molar-refractivity contribution < 1.29 is 26.0 Å². The average molecular weight is 454 g/mol. The molecular formula is C19H23N3O6S2. The first kappa shape index (κ1) is 21.0. The summed E-state index contributed by atoms with van der Waals surface area (Å²) in [6, 6.07) is 8.68. The molecule has 2 aliphatic rings. The third kappa shape index (κ3) is 4.15. The van der Waals surface area contributed by atoms with Gasteiger partial charge in [0.15, 0.2) is 0 Å². The summed E-state index contributed by atoms with van der Waals surface area (Å²) in [5.41, 5.74) is 0.141. The van der Waals surface area contributed by atoms with E-state index in [9.17, 15) is 21.6 Å². The maximum atomic E-state index is 12.8. The largest absolute Gasteiger partial charge is 0.468 e. The quantitative estimate of drug-likeness (QED) is 0.674. The van der Waals surface area contributed by atoms with Gasteiger partial charge < -0.3 is 4.42 Å². The number of hydrogen-bond donors (Lipinski definition) is 1. The zero-order chi connectivity index (χ0) is 21.4. The number of benzene rings is 1. The van der Waals surface area contributed by atoms with Crippen LogP contribution in [0.25, 0.3) is 0 Å². The maximum Gasteiger partial charge on any atom is 0.242 e. The average Bonchev–Trinajstić information content (AvgIpc) is 3.45. The molecule has 11 heteroatoms. The number of nitrogens with one attached hydrogen (secondary N) is 1. The summed E-state index contributed by atoms with van der Waals surface area (Å²) < 4.78 is 58.5. The number of furan rings is 1. The Bertz CT molecular complexity index is 1110. The van der Waals surface area contributed by atoms with Gasteiger partial charge in [0.1, 0.15) is 5.76 Å². The van der Waals surface area contributed by atoms with Crippen molar-refractivity contribution in [3.63, 3.8) is 0 Å². The molecule has 9 nitrogen and oxygen atoms in total. The molecule has 0 radical (unpaired) electrons. The molecule has 2 saturated heterocycles. The zero-order valence-corrected chi connectivity index (χ0v) is 17.9. The lowest BCUT2D eigenvalue weighted by Gasteiger charge is -2.26. The van der Waals surface area contributed by atoms with Crippen LogP contribution < -0.4 is 9.03 Å². The lowest BCUT2D eigenvalue weighted by atomic mass is 10.2. The normalized spacial score (nSPS) is 20.7. The number of likely N-dealkylation sites (tertiary alicyclic amines) is 1. The third-order valence-electron chi connectivity index (χ3n) is 5.38. The molecule has 2 aromatic rings. The van der Waals surface area contributed by atoms with E-state index in [2.05, 4.69) is 9.62 Å². The fourth-order valence-corrected chi connectivity index (χ4v) is 6.34. The maximum absolute atomic E-state index is 12.8. The first-order valence-corrected chi connectivity index (χ1v) is 12.8. The van der Waals surface area contributed by atoms with Gasteiger partial charge in [-0.2, -0.15) is 0 Å². The van der Waals surface area contributed by atoms with Gasteiger partial charge in [-0.05, 0) is 62.3 Å². The number of anilines is 1. The molecule has 1 N–H and O–H groups in total. The highest BCUT2D eigenvalue weighted by Crippen LogP contribution is 2.27. The van der Waals surface area contributed by atoms with Gasteiger partial charge in [0.2, 0.25) is 26.0 Å². The van der Waals surface area contributed by atoms with E-state index in [4.69, 9.17) is 4.42 Å². The van der Waals surface area contributed by atoms with E-state index in [0.717, 1.165) is 30.2 Å². The van der Waals surface area contributed by atoms with Crippen LogP contribution in [0, 0.1) is 0 Å². The minimum absolute atomic E-state index is 0.00471. The van der Waals surface area contributed by atoms with Gasteiger partial charge in [0, 0.05) is 13.0 Å². The first-order valence-electron chi connectivity index (χ1n) is 9.71. The summed E-state index contributed by atoms with van der Waals surface area (Å²) >= 11 is 0. The minimum atomic E-state index is -3.83. The smallest absolute Gasteiger partial charge is 0.242 e. The highest BCUT2D eigenvalue weighted by atomic mass is 32.2. The molecule has 2 aliphatic heterocycles. The standard InChI is InChI=1S/C19H23N3O6S2/c23-19-9-13-29(24,25)22(19)15-5-7-16(8-6-15)30(26,27)20-14-17(18-4-3-12-28-18)21-10-1-2-11-21/h3-8,12,17,20H,1-2,9-11,13-14H2. The predicted octanol–water partition coefficient (Wildman–Crippen LogP) is 1.46. The minimum Gasteiger partial charge on any atom is -0.468 e. The van der Waals surface area contributed by atoms with Gasteiger partial charge in [0.05, 0.1) is 28.6 Å². The van der Waals surface area contributed by atoms with E-state index in [1.807, 2.05) is 6.07 Å². The Hall–Kier alpha value is -2.21. The molecule has 1 aromatic carbocycles. The molecule has 0 spiro atoms. The number of amides is 1. The molecule has 0 saturated carbocycles. The summed E-state index contributed by atoms with van der Waals surface area (Å²) in [5, 5.41) is 0. The van der Waals surface area contributed by atoms with E-state index in [-0.39, 0.29) is 35.3 Å². The summed E-state index contributed by atoms with van der Waals surface area (Å²) in [5.74, 6) is -0.0543. The fraction of sp³-hybridized carbons (Fsp3) is 0.421. The van der Waals surface area contributed by atoms with Gasteiger partial charge in [-0.15, -0.1) is 0 Å². The summed E-state index contributed by atoms with van der Waals surface area (Å²) in [7, 11) is -7.52. The number of sulfonamides is 2. The Morgan fingerprint density at radius 3 is 2.37 bits per heavy atom. The Labute approximate surface area is 175 Å². The van der Waals surface area contributed by atoms with Crippen LogP contribution in [0.3, 0.4) is 0 Å². The van der Waals surface area contributed by atoms with Crippen molar-refractivity contribution in [1.82, 2.24) is 9.62 Å². The lowest BCUT2D eigenvalue weighted by Crippen LogP contribution is -2.36. The number of hydrogen-bond acceptors (Lipinski definition) is 7. The van der Waals surface area contributed by atoms with Crippen molar-refractivity contribution in [2.75, 3.05) is 29.7 Å². The topological polar surface area (TPSA) is 117 Å². The lowest BCUT2D eigenvalue weighted by molar-refractivity contribution is -0.116. The highest BCUT2D eigenvalue weighted by molar-refractivity contribution is 7.94. The van der Waals surface area contributed by atoms with Gasteiger partial charge >= 0.3 is 0 Å². The second-order valence-corrected chi connectivity index (χ2v) is 11.0. The van der Waals surface area contributed by atoms with Gasteiger partial charge in [-0.1, -0.05) is 0 Å². The summed E-state index contributed by atoms with van der Waals surface area (Å²) in [6.07, 6.45) is 3.61. The van der Waals surface area contributed by atoms with E-state index in [0.29, 0.717) is 5.76 Å². The van der Waals surface area contributed by atoms with E-state index in [1.54, 1.807) is 12.3 Å². The highest BCUT2D eigenvalue weighted by Gasteiger charge is 2.36. The van der Waals surface area contributed by atoms with Crippen LogP contribution in [-0.2, 0) is 24.8 Å². The Balaban J connectivity index is 1.50. The summed E-state index contributed by atoms with van der Waals surface area (Å²) in [6.45, 7) is 1.90. The summed E-state index contributed by atoms with van der Waals surface area (Å²) in [4.78, 5) is 14.1. The third-order valence-corrected chi connectivity index (χ3v) is 8.51. The molecule has 0 bridgehead atoms. The Morgan fingerprint density at radius 2 is 1.80 bits per heavy atom. The number of carbonyl (C=O) groups is 1. The molecule has 1 atom stereocenters. The van der Waals surface area contributed by atoms with E-state index >= 15 is 0 Å². The van der Waals surface area contributed by atoms with Crippen molar-refractivity contribution >= 4 is 31.6 Å². The number of nitrogens with zero attached hydrogens (tertiary/aromatic N) is 2. The molecule has 162 valence electrons. The van der Waals surface area contributed by atoms with Crippen molar-refractivity contribution in [3.05, 3.63) is 48.4 Å². The van der Waals surface area contributed by atoms with Crippen LogP contribution in [0.4, 0.5) is 5.69 Å². The van der Waals surface area contributed by atoms with Gasteiger partial charge in [-0.25, -0.2) is 25.9 Å². The van der Waals surface area contributed by atoms with Gasteiger partial charge in [0.25, 0.3) is 0 Å². The van der Waals surface area contributed by atoms with Crippen molar-refractivity contribution in [3.8, 4) is 0 Å². The van der Waals surface area contributed by atoms with Crippen LogP contribution in [0.5, 0.6) is 0 Å². The van der Waals surface area contributed by atoms with Crippen LogP contribution in [-0.4, -0.2) is 53.0 Å². The Kier molecular flexibility index (Phi) is 5.71. The monoisotopic (exact) mass is 453 g/mol.